The zero-order valence-electron chi connectivity index (χ0n) is 9.66. The van der Waals surface area contributed by atoms with E-state index >= 15 is 0 Å². The Kier molecular flexibility index (Phi) is 3.32. The van der Waals surface area contributed by atoms with Crippen molar-refractivity contribution in [3.8, 4) is 0 Å². The Morgan fingerprint density at radius 2 is 1.67 bits per heavy atom. The Morgan fingerprint density at radius 3 is 2.44 bits per heavy atom. The average molecular weight is 349 g/mol. The molecule has 2 aromatic rings. The molecule has 0 fully saturated rings. The molecule has 0 amide bonds. The fraction of sp³-hybridized carbons (Fsp3) is 0.133. The number of rotatable bonds is 2. The lowest BCUT2D eigenvalue weighted by atomic mass is 9.97. The van der Waals surface area contributed by atoms with Crippen LogP contribution in [0, 0.1) is 3.57 Å². The number of halogens is 1. The van der Waals surface area contributed by atoms with Gasteiger partial charge in [0, 0.05) is 9.13 Å². The molecule has 1 aliphatic heterocycles. The molecule has 0 aromatic heterocycles. The van der Waals surface area contributed by atoms with Crippen molar-refractivity contribution in [2.45, 2.75) is 12.1 Å². The summed E-state index contributed by atoms with van der Waals surface area (Å²) in [6, 6.07) is 18.6. The predicted octanol–water partition coefficient (Wildman–Crippen LogP) is 4.13. The van der Waals surface area contributed by atoms with Crippen molar-refractivity contribution in [1.82, 2.24) is 0 Å². The summed E-state index contributed by atoms with van der Waals surface area (Å²) in [5.74, 6) is 0. The van der Waals surface area contributed by atoms with Gasteiger partial charge in [0.25, 0.3) is 0 Å². The van der Waals surface area contributed by atoms with Gasteiger partial charge in [0.15, 0.2) is 12.5 Å². The molecular formula is C15H12INO. The molecule has 0 N–H and O–H groups in total. The summed E-state index contributed by atoms with van der Waals surface area (Å²) in [6.07, 6.45) is 1.56. The van der Waals surface area contributed by atoms with Gasteiger partial charge in [0.2, 0.25) is 0 Å². The van der Waals surface area contributed by atoms with E-state index in [0.29, 0.717) is 0 Å². The topological polar surface area (TPSA) is 21.6 Å². The van der Waals surface area contributed by atoms with Crippen molar-refractivity contribution >= 4 is 29.0 Å². The maximum Gasteiger partial charge on any atom is 0.171 e. The number of ether oxygens (including phenoxy) is 1. The summed E-state index contributed by atoms with van der Waals surface area (Å²) in [6.45, 7) is 0. The van der Waals surface area contributed by atoms with Gasteiger partial charge in [-0.25, -0.2) is 4.99 Å². The number of benzene rings is 2. The lowest BCUT2D eigenvalue weighted by Crippen LogP contribution is -2.08. The van der Waals surface area contributed by atoms with E-state index in [9.17, 15) is 0 Å². The maximum absolute atomic E-state index is 5.69. The monoisotopic (exact) mass is 349 g/mol. The number of hydrogen-bond acceptors (Lipinski definition) is 2. The smallest absolute Gasteiger partial charge is 0.171 e. The van der Waals surface area contributed by atoms with Crippen molar-refractivity contribution in [2.24, 2.45) is 4.99 Å². The van der Waals surface area contributed by atoms with E-state index in [2.05, 4.69) is 51.8 Å². The average Bonchev–Trinajstić information content (AvgIpc) is 2.89. The molecule has 1 heterocycles. The summed E-state index contributed by atoms with van der Waals surface area (Å²) < 4.78 is 6.90. The van der Waals surface area contributed by atoms with Gasteiger partial charge in [-0.2, -0.15) is 0 Å². The van der Waals surface area contributed by atoms with Crippen LogP contribution in [-0.4, -0.2) is 6.40 Å². The first-order valence-electron chi connectivity index (χ1n) is 5.83. The summed E-state index contributed by atoms with van der Waals surface area (Å²) in [4.78, 5) is 4.45. The number of hydrogen-bond donors (Lipinski definition) is 0. The van der Waals surface area contributed by atoms with Gasteiger partial charge in [-0.05, 0) is 34.2 Å². The minimum Gasteiger partial charge on any atom is -0.473 e. The third kappa shape index (κ3) is 2.14. The fourth-order valence-corrected chi connectivity index (χ4v) is 2.87. The fourth-order valence-electron chi connectivity index (χ4n) is 2.18. The molecule has 0 bridgehead atoms. The van der Waals surface area contributed by atoms with Gasteiger partial charge >= 0.3 is 0 Å². The highest BCUT2D eigenvalue weighted by Crippen LogP contribution is 2.39. The van der Waals surface area contributed by atoms with Crippen molar-refractivity contribution in [1.29, 1.82) is 0 Å². The zero-order valence-corrected chi connectivity index (χ0v) is 11.8. The lowest BCUT2D eigenvalue weighted by Gasteiger charge is -2.19. The maximum atomic E-state index is 5.69. The molecule has 2 aromatic carbocycles. The predicted molar refractivity (Wildman–Crippen MR) is 80.7 cm³/mol. The lowest BCUT2D eigenvalue weighted by molar-refractivity contribution is 0.204. The molecule has 90 valence electrons. The van der Waals surface area contributed by atoms with Crippen molar-refractivity contribution < 1.29 is 4.74 Å². The molecule has 18 heavy (non-hydrogen) atoms. The second-order valence-corrected chi connectivity index (χ2v) is 5.35. The van der Waals surface area contributed by atoms with E-state index in [1.54, 1.807) is 6.40 Å². The van der Waals surface area contributed by atoms with Crippen molar-refractivity contribution in [3.05, 3.63) is 69.3 Å². The Hall–Kier alpha value is -1.36. The Bertz CT molecular complexity index is 568. The van der Waals surface area contributed by atoms with Gasteiger partial charge in [0.1, 0.15) is 6.04 Å². The first-order chi connectivity index (χ1) is 8.86. The van der Waals surface area contributed by atoms with Crippen LogP contribution < -0.4 is 0 Å². The number of aliphatic imine (C=N–C) groups is 1. The summed E-state index contributed by atoms with van der Waals surface area (Å²) >= 11 is 2.34. The van der Waals surface area contributed by atoms with E-state index in [-0.39, 0.29) is 12.1 Å². The second kappa shape index (κ2) is 5.10. The van der Waals surface area contributed by atoms with Crippen LogP contribution in [0.3, 0.4) is 0 Å². The molecular weight excluding hydrogens is 337 g/mol. The van der Waals surface area contributed by atoms with E-state index < -0.39 is 0 Å². The van der Waals surface area contributed by atoms with Crippen LogP contribution in [0.25, 0.3) is 0 Å². The van der Waals surface area contributed by atoms with Crippen LogP contribution in [0.1, 0.15) is 23.3 Å². The highest BCUT2D eigenvalue weighted by atomic mass is 127. The minimum absolute atomic E-state index is 0.0134. The van der Waals surface area contributed by atoms with E-state index in [1.807, 2.05) is 30.3 Å². The van der Waals surface area contributed by atoms with Gasteiger partial charge in [-0.1, -0.05) is 48.5 Å². The Balaban J connectivity index is 1.97. The van der Waals surface area contributed by atoms with Crippen LogP contribution in [-0.2, 0) is 4.74 Å². The molecule has 0 spiro atoms. The van der Waals surface area contributed by atoms with Crippen LogP contribution in [0.15, 0.2) is 59.6 Å². The van der Waals surface area contributed by atoms with Crippen LogP contribution in [0.4, 0.5) is 0 Å². The molecule has 3 rings (SSSR count). The number of nitrogens with zero attached hydrogens (tertiary/aromatic N) is 1. The van der Waals surface area contributed by atoms with Gasteiger partial charge < -0.3 is 4.74 Å². The van der Waals surface area contributed by atoms with Gasteiger partial charge in [0.05, 0.1) is 0 Å². The minimum atomic E-state index is -0.0134. The highest BCUT2D eigenvalue weighted by Gasteiger charge is 2.30. The van der Waals surface area contributed by atoms with Crippen molar-refractivity contribution in [2.75, 3.05) is 0 Å². The standard InChI is InChI=1S/C15H12INO/c16-13-9-5-4-8-12(13)15-14(17-10-18-15)11-6-2-1-3-7-11/h1-10,14-15H. The van der Waals surface area contributed by atoms with Crippen LogP contribution >= 0.6 is 22.6 Å². The Morgan fingerprint density at radius 1 is 0.944 bits per heavy atom. The molecule has 0 saturated carbocycles. The molecule has 2 atom stereocenters. The summed E-state index contributed by atoms with van der Waals surface area (Å²) in [5.41, 5.74) is 2.39. The first-order valence-corrected chi connectivity index (χ1v) is 6.90. The van der Waals surface area contributed by atoms with E-state index in [0.717, 1.165) is 0 Å². The second-order valence-electron chi connectivity index (χ2n) is 4.19. The summed E-state index contributed by atoms with van der Waals surface area (Å²) in [5, 5.41) is 0. The SMILES string of the molecule is Ic1ccccc1C1OC=NC1c1ccccc1. The molecule has 2 nitrogen and oxygen atoms in total. The molecule has 2 unspecified atom stereocenters. The molecule has 0 saturated heterocycles. The summed E-state index contributed by atoms with van der Waals surface area (Å²) in [7, 11) is 0. The zero-order chi connectivity index (χ0) is 12.4. The first kappa shape index (κ1) is 11.7. The highest BCUT2D eigenvalue weighted by molar-refractivity contribution is 14.1. The normalized spacial score (nSPS) is 21.8. The van der Waals surface area contributed by atoms with E-state index in [1.165, 1.54) is 14.7 Å². The molecule has 0 aliphatic carbocycles. The largest absolute Gasteiger partial charge is 0.473 e. The third-order valence-corrected chi connectivity index (χ3v) is 4.05. The quantitative estimate of drug-likeness (QED) is 0.747. The third-order valence-electron chi connectivity index (χ3n) is 3.07. The van der Waals surface area contributed by atoms with E-state index in [4.69, 9.17) is 4.74 Å². The molecule has 3 heteroatoms. The van der Waals surface area contributed by atoms with Crippen LogP contribution in [0.2, 0.25) is 0 Å². The molecule has 1 aliphatic rings. The van der Waals surface area contributed by atoms with Crippen molar-refractivity contribution in [3.63, 3.8) is 0 Å². The van der Waals surface area contributed by atoms with Gasteiger partial charge in [-0.3, -0.25) is 0 Å². The Labute approximate surface area is 120 Å². The van der Waals surface area contributed by atoms with Gasteiger partial charge in [-0.15, -0.1) is 0 Å². The molecule has 0 radical (unpaired) electrons. The van der Waals surface area contributed by atoms with Crippen LogP contribution in [0.5, 0.6) is 0 Å².